The van der Waals surface area contributed by atoms with Crippen LogP contribution in [0.1, 0.15) is 66.2 Å². The molecule has 0 amide bonds. The molecular formula is C16H34N2. The topological polar surface area (TPSA) is 15.3 Å². The van der Waals surface area contributed by atoms with Gasteiger partial charge in [0.1, 0.15) is 0 Å². The summed E-state index contributed by atoms with van der Waals surface area (Å²) < 4.78 is 0. The van der Waals surface area contributed by atoms with Gasteiger partial charge in [0.05, 0.1) is 0 Å². The van der Waals surface area contributed by atoms with Gasteiger partial charge < -0.3 is 10.2 Å². The lowest BCUT2D eigenvalue weighted by atomic mass is 9.84. The Balaban J connectivity index is 2.51. The molecule has 0 aromatic heterocycles. The molecule has 1 aliphatic carbocycles. The lowest BCUT2D eigenvalue weighted by Crippen LogP contribution is -2.45. The van der Waals surface area contributed by atoms with E-state index < -0.39 is 0 Å². The van der Waals surface area contributed by atoms with Crippen molar-refractivity contribution < 1.29 is 0 Å². The van der Waals surface area contributed by atoms with Crippen LogP contribution >= 0.6 is 0 Å². The smallest absolute Gasteiger partial charge is 0.00640 e. The molecule has 0 aromatic carbocycles. The van der Waals surface area contributed by atoms with E-state index in [9.17, 15) is 0 Å². The largest absolute Gasteiger partial charge is 0.314 e. The first kappa shape index (κ1) is 16.0. The predicted molar refractivity (Wildman–Crippen MR) is 81.0 cm³/mol. The van der Waals surface area contributed by atoms with Gasteiger partial charge in [0.15, 0.2) is 0 Å². The van der Waals surface area contributed by atoms with Gasteiger partial charge in [-0.2, -0.15) is 0 Å². The fourth-order valence-electron chi connectivity index (χ4n) is 3.26. The van der Waals surface area contributed by atoms with Crippen molar-refractivity contribution in [2.24, 2.45) is 5.41 Å². The zero-order chi connectivity index (χ0) is 13.6. The van der Waals surface area contributed by atoms with E-state index >= 15 is 0 Å². The number of nitrogens with one attached hydrogen (secondary N) is 1. The third kappa shape index (κ3) is 4.89. The Kier molecular flexibility index (Phi) is 6.65. The lowest BCUT2D eigenvalue weighted by molar-refractivity contribution is 0.134. The van der Waals surface area contributed by atoms with Crippen molar-refractivity contribution in [2.75, 3.05) is 20.1 Å². The molecule has 1 atom stereocenters. The van der Waals surface area contributed by atoms with Crippen LogP contribution in [-0.4, -0.2) is 37.1 Å². The normalized spacial score (nSPS) is 20.8. The van der Waals surface area contributed by atoms with E-state index in [0.29, 0.717) is 11.5 Å². The van der Waals surface area contributed by atoms with Crippen molar-refractivity contribution in [3.63, 3.8) is 0 Å². The monoisotopic (exact) mass is 254 g/mol. The fraction of sp³-hybridized carbons (Fsp3) is 1.00. The van der Waals surface area contributed by atoms with Gasteiger partial charge in [-0.15, -0.1) is 0 Å². The highest BCUT2D eigenvalue weighted by molar-refractivity contribution is 4.90. The molecule has 0 bridgehead atoms. The molecule has 0 aromatic rings. The summed E-state index contributed by atoms with van der Waals surface area (Å²) in [7, 11) is 2.32. The Bertz CT molecular complexity index is 219. The van der Waals surface area contributed by atoms with Crippen LogP contribution in [0.25, 0.3) is 0 Å². The van der Waals surface area contributed by atoms with Crippen LogP contribution in [-0.2, 0) is 0 Å². The van der Waals surface area contributed by atoms with Crippen LogP contribution < -0.4 is 5.32 Å². The highest BCUT2D eigenvalue weighted by atomic mass is 15.1. The Morgan fingerprint density at radius 1 is 1.17 bits per heavy atom. The molecule has 1 rings (SSSR count). The number of nitrogens with zero attached hydrogens (tertiary/aromatic N) is 1. The van der Waals surface area contributed by atoms with Crippen molar-refractivity contribution in [1.82, 2.24) is 10.2 Å². The summed E-state index contributed by atoms with van der Waals surface area (Å²) in [6, 6.07) is 1.34. The van der Waals surface area contributed by atoms with E-state index in [1.165, 1.54) is 51.6 Å². The van der Waals surface area contributed by atoms with Gasteiger partial charge in [0, 0.05) is 25.2 Å². The molecular weight excluding hydrogens is 220 g/mol. The van der Waals surface area contributed by atoms with Gasteiger partial charge in [-0.25, -0.2) is 0 Å². The van der Waals surface area contributed by atoms with Crippen LogP contribution in [0, 0.1) is 5.41 Å². The molecule has 1 saturated carbocycles. The maximum atomic E-state index is 3.68. The quantitative estimate of drug-likeness (QED) is 0.711. The van der Waals surface area contributed by atoms with Gasteiger partial charge in [0.25, 0.3) is 0 Å². The molecule has 1 unspecified atom stereocenters. The summed E-state index contributed by atoms with van der Waals surface area (Å²) in [6.07, 6.45) is 8.30. The minimum Gasteiger partial charge on any atom is -0.314 e. The molecule has 0 spiro atoms. The molecule has 1 N–H and O–H groups in total. The summed E-state index contributed by atoms with van der Waals surface area (Å²) in [4.78, 5) is 2.59. The fourth-order valence-corrected chi connectivity index (χ4v) is 3.26. The van der Waals surface area contributed by atoms with Crippen molar-refractivity contribution >= 4 is 0 Å². The molecule has 2 nitrogen and oxygen atoms in total. The first-order valence-electron chi connectivity index (χ1n) is 7.93. The molecule has 0 aliphatic heterocycles. The summed E-state index contributed by atoms with van der Waals surface area (Å²) in [5.41, 5.74) is 0.543. The van der Waals surface area contributed by atoms with Gasteiger partial charge in [-0.1, -0.05) is 40.0 Å². The number of hydrogen-bond donors (Lipinski definition) is 1. The molecule has 1 aliphatic rings. The number of rotatable bonds is 8. The van der Waals surface area contributed by atoms with Crippen LogP contribution in [0.2, 0.25) is 0 Å². The zero-order valence-corrected chi connectivity index (χ0v) is 13.3. The van der Waals surface area contributed by atoms with Gasteiger partial charge >= 0.3 is 0 Å². The van der Waals surface area contributed by atoms with Crippen LogP contribution in [0.5, 0.6) is 0 Å². The van der Waals surface area contributed by atoms with Crippen molar-refractivity contribution in [3.05, 3.63) is 0 Å². The average molecular weight is 254 g/mol. The molecule has 108 valence electrons. The van der Waals surface area contributed by atoms with E-state index in [-0.39, 0.29) is 0 Å². The lowest BCUT2D eigenvalue weighted by Gasteiger charge is -2.37. The standard InChI is InChI=1S/C16H34N2/c1-6-9-15(4)18(5)13-16(10-7-8-11-16)12-17-14(2)3/h14-15,17H,6-13H2,1-5H3. The van der Waals surface area contributed by atoms with Crippen molar-refractivity contribution in [1.29, 1.82) is 0 Å². The maximum absolute atomic E-state index is 3.68. The molecule has 0 radical (unpaired) electrons. The molecule has 18 heavy (non-hydrogen) atoms. The predicted octanol–water partition coefficient (Wildman–Crippen LogP) is 3.67. The summed E-state index contributed by atoms with van der Waals surface area (Å²) >= 11 is 0. The van der Waals surface area contributed by atoms with Crippen molar-refractivity contribution in [3.8, 4) is 0 Å². The average Bonchev–Trinajstić information content (AvgIpc) is 2.76. The Morgan fingerprint density at radius 2 is 1.78 bits per heavy atom. The van der Waals surface area contributed by atoms with Gasteiger partial charge in [-0.3, -0.25) is 0 Å². The van der Waals surface area contributed by atoms with Gasteiger partial charge in [-0.05, 0) is 38.6 Å². The van der Waals surface area contributed by atoms with E-state index in [4.69, 9.17) is 0 Å². The van der Waals surface area contributed by atoms with E-state index in [0.717, 1.165) is 6.04 Å². The van der Waals surface area contributed by atoms with Crippen LogP contribution in [0.4, 0.5) is 0 Å². The summed E-state index contributed by atoms with van der Waals surface area (Å²) in [6.45, 7) is 11.7. The van der Waals surface area contributed by atoms with Crippen LogP contribution in [0.3, 0.4) is 0 Å². The third-order valence-corrected chi connectivity index (χ3v) is 4.59. The minimum atomic E-state index is 0.543. The first-order chi connectivity index (χ1) is 8.49. The Morgan fingerprint density at radius 3 is 2.28 bits per heavy atom. The van der Waals surface area contributed by atoms with E-state index in [1.807, 2.05) is 0 Å². The second-order valence-electron chi connectivity index (χ2n) is 6.80. The zero-order valence-electron chi connectivity index (χ0n) is 13.3. The second-order valence-corrected chi connectivity index (χ2v) is 6.80. The molecule has 0 heterocycles. The van der Waals surface area contributed by atoms with Crippen molar-refractivity contribution in [2.45, 2.75) is 78.3 Å². The highest BCUT2D eigenvalue weighted by Crippen LogP contribution is 2.38. The van der Waals surface area contributed by atoms with Crippen LogP contribution in [0.15, 0.2) is 0 Å². The van der Waals surface area contributed by atoms with E-state index in [1.54, 1.807) is 0 Å². The molecule has 2 heteroatoms. The Labute approximate surface area is 115 Å². The first-order valence-corrected chi connectivity index (χ1v) is 7.93. The maximum Gasteiger partial charge on any atom is 0.00640 e. The molecule has 1 fully saturated rings. The Hall–Kier alpha value is -0.0800. The van der Waals surface area contributed by atoms with Gasteiger partial charge in [0.2, 0.25) is 0 Å². The number of hydrogen-bond acceptors (Lipinski definition) is 2. The molecule has 0 saturated heterocycles. The SMILES string of the molecule is CCCC(C)N(C)CC1(CNC(C)C)CCCC1. The minimum absolute atomic E-state index is 0.543. The summed E-state index contributed by atoms with van der Waals surface area (Å²) in [5, 5.41) is 3.68. The van der Waals surface area contributed by atoms with E-state index in [2.05, 4.69) is 45.0 Å². The summed E-state index contributed by atoms with van der Waals surface area (Å²) in [5.74, 6) is 0. The second kappa shape index (κ2) is 7.49. The highest BCUT2D eigenvalue weighted by Gasteiger charge is 2.35. The third-order valence-electron chi connectivity index (χ3n) is 4.59.